The summed E-state index contributed by atoms with van der Waals surface area (Å²) in [4.78, 5) is 0. The number of nitrogens with zero attached hydrogens (tertiary/aromatic N) is 2. The molecule has 3 atom stereocenters. The molecule has 0 aromatic carbocycles. The van der Waals surface area contributed by atoms with Gasteiger partial charge in [0.1, 0.15) is 0 Å². The normalized spacial score (nSPS) is 39.8. The summed E-state index contributed by atoms with van der Waals surface area (Å²) in [5, 5.41) is 24.7. The molecule has 1 aromatic rings. The minimum Gasteiger partial charge on any atom is -0.396 e. The van der Waals surface area contributed by atoms with Gasteiger partial charge in [0.25, 0.3) is 0 Å². The van der Waals surface area contributed by atoms with E-state index in [1.165, 1.54) is 0 Å². The Bertz CT molecular complexity index is 452. The van der Waals surface area contributed by atoms with Crippen LogP contribution < -0.4 is 0 Å². The van der Waals surface area contributed by atoms with Crippen LogP contribution in [0.4, 0.5) is 0 Å². The molecule has 0 spiro atoms. The summed E-state index contributed by atoms with van der Waals surface area (Å²) < 4.78 is 8.26. The zero-order valence-electron chi connectivity index (χ0n) is 10.0. The third-order valence-electron chi connectivity index (χ3n) is 4.48. The molecule has 1 aliphatic carbocycles. The molecule has 1 saturated heterocycles. The summed E-state index contributed by atoms with van der Waals surface area (Å²) in [5.41, 5.74) is -1.41. The smallest absolute Gasteiger partial charge is 0.1000 e. The molecule has 3 unspecified atom stereocenters. The SMILES string of the molecule is OCC12CCC(n3cc(Br)cn3)CC1(O)COC2. The number of fused-ring (bicyclic) bond motifs is 1. The van der Waals surface area contributed by atoms with Gasteiger partial charge in [0, 0.05) is 18.0 Å². The van der Waals surface area contributed by atoms with E-state index in [1.54, 1.807) is 6.20 Å². The number of aliphatic hydroxyl groups excluding tert-OH is 1. The lowest BCUT2D eigenvalue weighted by Crippen LogP contribution is -2.54. The highest BCUT2D eigenvalue weighted by Gasteiger charge is 2.58. The molecule has 1 saturated carbocycles. The second-order valence-electron chi connectivity index (χ2n) is 5.50. The predicted molar refractivity (Wildman–Crippen MR) is 68.1 cm³/mol. The van der Waals surface area contributed by atoms with E-state index >= 15 is 0 Å². The van der Waals surface area contributed by atoms with Crippen molar-refractivity contribution in [1.82, 2.24) is 9.78 Å². The summed E-state index contributed by atoms with van der Waals surface area (Å²) in [6.07, 6.45) is 5.93. The lowest BCUT2D eigenvalue weighted by molar-refractivity contribution is -0.114. The molecule has 6 heteroatoms. The summed E-state index contributed by atoms with van der Waals surface area (Å²) in [7, 11) is 0. The Kier molecular flexibility index (Phi) is 3.01. The fraction of sp³-hybridized carbons (Fsp3) is 0.750. The topological polar surface area (TPSA) is 67.5 Å². The fourth-order valence-corrected chi connectivity index (χ4v) is 3.53. The molecular formula is C12H17BrN2O3. The van der Waals surface area contributed by atoms with Gasteiger partial charge in [-0.25, -0.2) is 0 Å². The van der Waals surface area contributed by atoms with Gasteiger partial charge in [0.05, 0.1) is 42.1 Å². The maximum Gasteiger partial charge on any atom is 0.1000 e. The monoisotopic (exact) mass is 316 g/mol. The number of rotatable bonds is 2. The Hall–Kier alpha value is -0.430. The molecule has 5 nitrogen and oxygen atoms in total. The van der Waals surface area contributed by atoms with Gasteiger partial charge in [-0.15, -0.1) is 0 Å². The van der Waals surface area contributed by atoms with Gasteiger partial charge in [-0.3, -0.25) is 4.68 Å². The number of hydrogen-bond acceptors (Lipinski definition) is 4. The molecule has 1 aliphatic heterocycles. The fourth-order valence-electron chi connectivity index (χ4n) is 3.23. The van der Waals surface area contributed by atoms with Crippen molar-refractivity contribution in [3.05, 3.63) is 16.9 Å². The minimum atomic E-state index is -0.927. The van der Waals surface area contributed by atoms with Crippen LogP contribution >= 0.6 is 15.9 Å². The van der Waals surface area contributed by atoms with Crippen LogP contribution in [0.15, 0.2) is 16.9 Å². The first-order valence-electron chi connectivity index (χ1n) is 6.19. The average molecular weight is 317 g/mol. The van der Waals surface area contributed by atoms with E-state index in [1.807, 2.05) is 10.9 Å². The van der Waals surface area contributed by atoms with Gasteiger partial charge < -0.3 is 14.9 Å². The van der Waals surface area contributed by atoms with Crippen molar-refractivity contribution >= 4 is 15.9 Å². The highest BCUT2D eigenvalue weighted by molar-refractivity contribution is 9.10. The minimum absolute atomic E-state index is 0.0149. The molecular weight excluding hydrogens is 300 g/mol. The van der Waals surface area contributed by atoms with Gasteiger partial charge >= 0.3 is 0 Å². The molecule has 0 bridgehead atoms. The van der Waals surface area contributed by atoms with Crippen LogP contribution in [-0.4, -0.2) is 45.4 Å². The van der Waals surface area contributed by atoms with E-state index < -0.39 is 11.0 Å². The van der Waals surface area contributed by atoms with Crippen molar-refractivity contribution in [1.29, 1.82) is 0 Å². The van der Waals surface area contributed by atoms with Gasteiger partial charge in [-0.1, -0.05) is 0 Å². The molecule has 100 valence electrons. The maximum absolute atomic E-state index is 10.8. The Morgan fingerprint density at radius 2 is 2.39 bits per heavy atom. The van der Waals surface area contributed by atoms with Gasteiger partial charge in [0.2, 0.25) is 0 Å². The molecule has 3 rings (SSSR count). The number of aliphatic hydroxyl groups is 2. The van der Waals surface area contributed by atoms with Crippen molar-refractivity contribution in [2.24, 2.45) is 5.41 Å². The van der Waals surface area contributed by atoms with Gasteiger partial charge in [-0.2, -0.15) is 5.10 Å². The van der Waals surface area contributed by atoms with Crippen molar-refractivity contribution in [3.8, 4) is 0 Å². The largest absolute Gasteiger partial charge is 0.396 e. The Labute approximate surface area is 114 Å². The lowest BCUT2D eigenvalue weighted by atomic mass is 9.64. The quantitative estimate of drug-likeness (QED) is 0.857. The van der Waals surface area contributed by atoms with Gasteiger partial charge in [-0.05, 0) is 28.8 Å². The molecule has 2 fully saturated rings. The summed E-state index contributed by atoms with van der Waals surface area (Å²) >= 11 is 3.38. The van der Waals surface area contributed by atoms with Crippen LogP contribution in [-0.2, 0) is 4.74 Å². The maximum atomic E-state index is 10.8. The summed E-state index contributed by atoms with van der Waals surface area (Å²) in [6, 6.07) is 0.169. The summed E-state index contributed by atoms with van der Waals surface area (Å²) in [6.45, 7) is 0.751. The third kappa shape index (κ3) is 1.74. The highest BCUT2D eigenvalue weighted by atomic mass is 79.9. The zero-order chi connectivity index (χ0) is 12.8. The predicted octanol–water partition coefficient (Wildman–Crippen LogP) is 1.11. The molecule has 0 amide bonds. The van der Waals surface area contributed by atoms with Crippen LogP contribution in [0.25, 0.3) is 0 Å². The Morgan fingerprint density at radius 1 is 1.56 bits per heavy atom. The van der Waals surface area contributed by atoms with E-state index in [-0.39, 0.29) is 12.6 Å². The van der Waals surface area contributed by atoms with E-state index in [0.717, 1.165) is 17.3 Å². The zero-order valence-corrected chi connectivity index (χ0v) is 11.6. The van der Waals surface area contributed by atoms with Crippen molar-refractivity contribution in [2.75, 3.05) is 19.8 Å². The number of ether oxygens (including phenoxy) is 1. The first kappa shape index (κ1) is 12.6. The molecule has 0 radical (unpaired) electrons. The van der Waals surface area contributed by atoms with Crippen molar-refractivity contribution in [3.63, 3.8) is 0 Å². The highest BCUT2D eigenvalue weighted by Crippen LogP contribution is 2.51. The number of aromatic nitrogens is 2. The molecule has 2 aliphatic rings. The molecule has 2 N–H and O–H groups in total. The Balaban J connectivity index is 1.85. The first-order chi connectivity index (χ1) is 8.59. The van der Waals surface area contributed by atoms with E-state index in [0.29, 0.717) is 19.6 Å². The van der Waals surface area contributed by atoms with Crippen LogP contribution in [0.1, 0.15) is 25.3 Å². The number of hydrogen-bond donors (Lipinski definition) is 2. The van der Waals surface area contributed by atoms with Crippen molar-refractivity contribution < 1.29 is 14.9 Å². The molecule has 1 aromatic heterocycles. The van der Waals surface area contributed by atoms with Crippen LogP contribution in [0.2, 0.25) is 0 Å². The van der Waals surface area contributed by atoms with E-state index in [4.69, 9.17) is 4.74 Å². The van der Waals surface area contributed by atoms with Gasteiger partial charge in [0.15, 0.2) is 0 Å². The second-order valence-corrected chi connectivity index (χ2v) is 6.41. The standard InChI is InChI=1S/C12H17BrN2O3/c13-9-4-14-15(5-9)10-1-2-11(6-16)7-18-8-12(11,17)3-10/h4-5,10,16-17H,1-3,6-8H2. The average Bonchev–Trinajstić information content (AvgIpc) is 2.91. The molecule has 2 heterocycles. The summed E-state index contributed by atoms with van der Waals surface area (Å²) in [5.74, 6) is 0. The lowest BCUT2D eigenvalue weighted by Gasteiger charge is -2.45. The van der Waals surface area contributed by atoms with Crippen LogP contribution in [0.3, 0.4) is 0 Å². The third-order valence-corrected chi connectivity index (χ3v) is 4.89. The second kappa shape index (κ2) is 4.30. The Morgan fingerprint density at radius 3 is 3.06 bits per heavy atom. The number of halogens is 1. The molecule has 18 heavy (non-hydrogen) atoms. The van der Waals surface area contributed by atoms with Crippen LogP contribution in [0, 0.1) is 5.41 Å². The van der Waals surface area contributed by atoms with Crippen LogP contribution in [0.5, 0.6) is 0 Å². The van der Waals surface area contributed by atoms with E-state index in [2.05, 4.69) is 21.0 Å². The van der Waals surface area contributed by atoms with Crippen molar-refractivity contribution in [2.45, 2.75) is 30.9 Å². The first-order valence-corrected chi connectivity index (χ1v) is 6.99. The van der Waals surface area contributed by atoms with E-state index in [9.17, 15) is 10.2 Å².